The van der Waals surface area contributed by atoms with Crippen LogP contribution in [0.2, 0.25) is 0 Å². The topological polar surface area (TPSA) is 442 Å². The highest BCUT2D eigenvalue weighted by atomic mass is 16.4. The third-order valence-corrected chi connectivity index (χ3v) is 9.90. The van der Waals surface area contributed by atoms with Crippen LogP contribution in [0.25, 0.3) is 0 Å². The van der Waals surface area contributed by atoms with Crippen molar-refractivity contribution in [2.75, 3.05) is 32.8 Å². The average Bonchev–Trinajstić information content (AvgIpc) is 3.26. The van der Waals surface area contributed by atoms with E-state index in [4.69, 9.17) is 39.5 Å². The first-order valence-electron chi connectivity index (χ1n) is 22.2. The molecule has 0 bridgehead atoms. The number of rotatable bonds is 33. The number of aliphatic imine (C=N–C) groups is 2. The number of unbranched alkanes of at least 4 members (excludes halogenated alkanes) is 1. The van der Waals surface area contributed by atoms with E-state index in [9.17, 15) is 43.5 Å². The molecule has 0 heterocycles. The van der Waals surface area contributed by atoms with Crippen molar-refractivity contribution in [1.29, 1.82) is 0 Å². The van der Waals surface area contributed by atoms with Gasteiger partial charge in [0.25, 0.3) is 0 Å². The number of nitrogens with two attached hydrogens (primary N) is 6. The second kappa shape index (κ2) is 32.1. The molecule has 376 valence electrons. The standard InChI is InChI=1S/C42H73N15O10/c1-24(2)19-27(21-33(59)54-32(37(64)51-22-34(60)61)20-26-11-5-4-6-12-26)53-38(65)30(14-9-17-49-41(45)46)56-40(67)31(15-10-18-50-42(47)48)57-39(66)29(13-7-8-16-43)55-35(62)25(3)52-36(63)28(44)23-58/h4-6,11-12,24-25,27-32,58H,7-10,13-23,43-44H2,1-3H3,(H,51,64)(H,52,63)(H,53,65)(H,54,59)(H,55,62)(H,56,67)(H,57,66)(H,60,61)(H4,45,46,49)(H4,47,48,50)/t25-,27-,28-,29-,30-,31-,32-/m0/s1. The number of nitrogens with one attached hydrogen (secondary N) is 7. The Morgan fingerprint density at radius 1 is 0.627 bits per heavy atom. The van der Waals surface area contributed by atoms with E-state index >= 15 is 0 Å². The Hall–Kier alpha value is -6.60. The van der Waals surface area contributed by atoms with E-state index < -0.39 is 103 Å². The van der Waals surface area contributed by atoms with Gasteiger partial charge in [0.1, 0.15) is 42.8 Å². The van der Waals surface area contributed by atoms with Crippen LogP contribution in [0.5, 0.6) is 0 Å². The van der Waals surface area contributed by atoms with E-state index in [1.807, 2.05) is 13.8 Å². The number of carbonyl (C=O) groups excluding carboxylic acids is 7. The molecule has 1 aromatic rings. The Morgan fingerprint density at radius 3 is 1.61 bits per heavy atom. The molecule has 0 aliphatic heterocycles. The fourth-order valence-corrected chi connectivity index (χ4v) is 6.50. The molecule has 21 N–H and O–H groups in total. The van der Waals surface area contributed by atoms with Crippen molar-refractivity contribution in [2.45, 2.75) is 127 Å². The molecule has 25 nitrogen and oxygen atoms in total. The van der Waals surface area contributed by atoms with Crippen LogP contribution >= 0.6 is 0 Å². The Balaban J connectivity index is 3.46. The number of carboxylic acid groups (broad SMARTS) is 1. The van der Waals surface area contributed by atoms with Gasteiger partial charge in [0.05, 0.1) is 6.61 Å². The van der Waals surface area contributed by atoms with Gasteiger partial charge in [0.15, 0.2) is 11.9 Å². The first kappa shape index (κ1) is 58.4. The van der Waals surface area contributed by atoms with Crippen LogP contribution in [0.4, 0.5) is 0 Å². The highest BCUT2D eigenvalue weighted by Gasteiger charge is 2.32. The van der Waals surface area contributed by atoms with Gasteiger partial charge in [-0.3, -0.25) is 48.3 Å². The van der Waals surface area contributed by atoms with Gasteiger partial charge in [-0.15, -0.1) is 0 Å². The van der Waals surface area contributed by atoms with Gasteiger partial charge in [0.2, 0.25) is 41.4 Å². The number of carbonyl (C=O) groups is 8. The van der Waals surface area contributed by atoms with Crippen molar-refractivity contribution in [1.82, 2.24) is 37.2 Å². The first-order valence-corrected chi connectivity index (χ1v) is 22.2. The van der Waals surface area contributed by atoms with Crippen molar-refractivity contribution in [3.63, 3.8) is 0 Å². The number of benzene rings is 1. The van der Waals surface area contributed by atoms with E-state index in [0.717, 1.165) is 0 Å². The molecule has 0 aliphatic carbocycles. The number of aliphatic carboxylic acids is 1. The van der Waals surface area contributed by atoms with Gasteiger partial charge in [0, 0.05) is 32.0 Å². The van der Waals surface area contributed by atoms with Gasteiger partial charge in [-0.25, -0.2) is 0 Å². The zero-order valence-electron chi connectivity index (χ0n) is 38.6. The van der Waals surface area contributed by atoms with Crippen LogP contribution in [0.3, 0.4) is 0 Å². The van der Waals surface area contributed by atoms with Gasteiger partial charge in [-0.05, 0) is 76.3 Å². The fraction of sp³-hybridized carbons (Fsp3) is 0.619. The summed E-state index contributed by atoms with van der Waals surface area (Å²) in [5.41, 5.74) is 33.9. The lowest BCUT2D eigenvalue weighted by molar-refractivity contribution is -0.138. The van der Waals surface area contributed by atoms with Crippen LogP contribution in [0, 0.1) is 5.92 Å². The quantitative estimate of drug-likeness (QED) is 0.0179. The zero-order chi connectivity index (χ0) is 50.5. The summed E-state index contributed by atoms with van der Waals surface area (Å²) < 4.78 is 0. The Kier molecular flexibility index (Phi) is 28.0. The first-order chi connectivity index (χ1) is 31.7. The number of guanidine groups is 2. The lowest BCUT2D eigenvalue weighted by Gasteiger charge is -2.28. The summed E-state index contributed by atoms with van der Waals surface area (Å²) in [6, 6.07) is 0.553. The number of aliphatic hydroxyl groups excluding tert-OH is 1. The molecule has 25 heteroatoms. The van der Waals surface area contributed by atoms with Crippen molar-refractivity contribution in [3.8, 4) is 0 Å². The predicted octanol–water partition coefficient (Wildman–Crippen LogP) is -4.65. The molecule has 1 aromatic carbocycles. The summed E-state index contributed by atoms with van der Waals surface area (Å²) in [5.74, 6) is -6.86. The van der Waals surface area contributed by atoms with E-state index in [0.29, 0.717) is 31.4 Å². The molecule has 0 saturated carbocycles. The van der Waals surface area contributed by atoms with E-state index in [2.05, 4.69) is 47.2 Å². The summed E-state index contributed by atoms with van der Waals surface area (Å²) in [5, 5.41) is 36.5. The highest BCUT2D eigenvalue weighted by Crippen LogP contribution is 2.12. The molecule has 7 amide bonds. The van der Waals surface area contributed by atoms with Crippen molar-refractivity contribution < 1.29 is 48.6 Å². The number of amides is 7. The number of carboxylic acids is 1. The maximum atomic E-state index is 14.2. The molecule has 0 aromatic heterocycles. The van der Waals surface area contributed by atoms with Gasteiger partial charge < -0.3 is 81.8 Å². The average molecular weight is 948 g/mol. The lowest BCUT2D eigenvalue weighted by atomic mass is 9.99. The number of nitrogens with zero attached hydrogens (tertiary/aromatic N) is 2. The van der Waals surface area contributed by atoms with Gasteiger partial charge in [-0.1, -0.05) is 44.2 Å². The molecule has 1 rings (SSSR count). The number of hydrogen-bond donors (Lipinski definition) is 15. The molecular formula is C42H73N15O10. The van der Waals surface area contributed by atoms with Crippen molar-refractivity contribution in [3.05, 3.63) is 35.9 Å². The second-order valence-corrected chi connectivity index (χ2v) is 16.3. The summed E-state index contributed by atoms with van der Waals surface area (Å²) in [6.45, 7) is 4.20. The molecule has 0 fully saturated rings. The van der Waals surface area contributed by atoms with Gasteiger partial charge >= 0.3 is 5.97 Å². The fourth-order valence-electron chi connectivity index (χ4n) is 6.50. The molecule has 0 spiro atoms. The normalized spacial score (nSPS) is 14.0. The summed E-state index contributed by atoms with van der Waals surface area (Å²) in [4.78, 5) is 113. The zero-order valence-corrected chi connectivity index (χ0v) is 38.6. The summed E-state index contributed by atoms with van der Waals surface area (Å²) in [7, 11) is 0. The predicted molar refractivity (Wildman–Crippen MR) is 250 cm³/mol. The second-order valence-electron chi connectivity index (χ2n) is 16.3. The van der Waals surface area contributed by atoms with Crippen LogP contribution in [0.15, 0.2) is 40.3 Å². The molecule has 67 heavy (non-hydrogen) atoms. The van der Waals surface area contributed by atoms with Crippen LogP contribution in [-0.2, 0) is 44.8 Å². The maximum Gasteiger partial charge on any atom is 0.322 e. The molecule has 7 atom stereocenters. The largest absolute Gasteiger partial charge is 0.480 e. The summed E-state index contributed by atoms with van der Waals surface area (Å²) >= 11 is 0. The minimum absolute atomic E-state index is 0.00612. The maximum absolute atomic E-state index is 14.2. The third-order valence-electron chi connectivity index (χ3n) is 9.90. The Labute approximate surface area is 390 Å². The number of hydrogen-bond acceptors (Lipinski definition) is 13. The minimum Gasteiger partial charge on any atom is -0.480 e. The molecular weight excluding hydrogens is 875 g/mol. The minimum atomic E-state index is -1.31. The van der Waals surface area contributed by atoms with Crippen LogP contribution in [-0.4, -0.2) is 145 Å². The van der Waals surface area contributed by atoms with Crippen molar-refractivity contribution in [2.24, 2.45) is 50.3 Å². The smallest absolute Gasteiger partial charge is 0.322 e. The van der Waals surface area contributed by atoms with E-state index in [-0.39, 0.29) is 75.9 Å². The van der Waals surface area contributed by atoms with Gasteiger partial charge in [-0.2, -0.15) is 0 Å². The molecule has 0 unspecified atom stereocenters. The lowest BCUT2D eigenvalue weighted by Crippen LogP contribution is -2.59. The Bertz CT molecular complexity index is 1810. The molecule has 0 radical (unpaired) electrons. The van der Waals surface area contributed by atoms with Crippen LogP contribution in [0.1, 0.15) is 84.1 Å². The number of aliphatic hydroxyl groups is 1. The van der Waals surface area contributed by atoms with E-state index in [1.165, 1.54) is 6.92 Å². The van der Waals surface area contributed by atoms with Crippen molar-refractivity contribution >= 4 is 59.2 Å². The molecule has 0 aliphatic rings. The molecule has 0 saturated heterocycles. The van der Waals surface area contributed by atoms with Crippen LogP contribution < -0.4 is 71.6 Å². The SMILES string of the molecule is CC(C)C[C@@H](CC(=O)N[C@@H](Cc1ccccc1)C(=O)NCC(=O)O)NC(=O)[C@H](CCCN=C(N)N)NC(=O)[C@H](CCCN=C(N)N)NC(=O)[C@H](CCCCN)NC(=O)[C@H](C)NC(=O)[C@@H](N)CO. The highest BCUT2D eigenvalue weighted by molar-refractivity contribution is 5.96. The Morgan fingerprint density at radius 2 is 1.13 bits per heavy atom. The summed E-state index contributed by atoms with van der Waals surface area (Å²) in [6.07, 6.45) is 1.36. The third kappa shape index (κ3) is 25.6. The van der Waals surface area contributed by atoms with E-state index in [1.54, 1.807) is 30.3 Å². The monoisotopic (exact) mass is 948 g/mol.